The fraction of sp³-hybridized carbons (Fsp3) is 0.667. The van der Waals surface area contributed by atoms with E-state index in [2.05, 4.69) is 6.58 Å². The Morgan fingerprint density at radius 1 is 0.958 bits per heavy atom. The molecule has 1 N–H and O–H groups in total. The van der Waals surface area contributed by atoms with Gasteiger partial charge in [0.05, 0.1) is 26.4 Å². The first-order chi connectivity index (χ1) is 11.4. The monoisotopic (exact) mass is 348 g/mol. The summed E-state index contributed by atoms with van der Waals surface area (Å²) >= 11 is 0. The van der Waals surface area contributed by atoms with Gasteiger partial charge in [-0.3, -0.25) is 0 Å². The van der Waals surface area contributed by atoms with Crippen molar-refractivity contribution in [3.05, 3.63) is 12.2 Å². The molecular weight excluding hydrogens is 324 g/mol. The van der Waals surface area contributed by atoms with E-state index in [4.69, 9.17) is 28.8 Å². The molecule has 0 saturated carbocycles. The minimum atomic E-state index is -1.62. The van der Waals surface area contributed by atoms with E-state index in [0.29, 0.717) is 5.57 Å². The molecule has 0 aliphatic heterocycles. The molecule has 1 atom stereocenters. The lowest BCUT2D eigenvalue weighted by Crippen LogP contribution is -2.35. The molecule has 0 radical (unpaired) electrons. The number of carboxylic acids is 1. The van der Waals surface area contributed by atoms with E-state index in [-0.39, 0.29) is 46.2 Å². The molecule has 0 saturated heterocycles. The van der Waals surface area contributed by atoms with E-state index < -0.39 is 24.0 Å². The number of hydrogen-bond acceptors (Lipinski definition) is 8. The quantitative estimate of drug-likeness (QED) is 0.203. The summed E-state index contributed by atoms with van der Waals surface area (Å²) in [5.41, 5.74) is 0.322. The van der Waals surface area contributed by atoms with Gasteiger partial charge in [0.15, 0.2) is 0 Å². The third-order valence-electron chi connectivity index (χ3n) is 2.42. The van der Waals surface area contributed by atoms with Gasteiger partial charge in [0.25, 0.3) is 6.10 Å². The Bertz CT molecular complexity index is 419. The summed E-state index contributed by atoms with van der Waals surface area (Å²) in [6, 6.07) is 0. The number of carboxylic acid groups (broad SMARTS) is 1. The molecule has 0 heterocycles. The van der Waals surface area contributed by atoms with Gasteiger partial charge in [-0.25, -0.2) is 14.4 Å². The molecule has 0 aromatic carbocycles. The second-order valence-electron chi connectivity index (χ2n) is 4.48. The van der Waals surface area contributed by atoms with Crippen molar-refractivity contribution < 1.29 is 43.2 Å². The van der Waals surface area contributed by atoms with Crippen molar-refractivity contribution in [1.82, 2.24) is 0 Å². The highest BCUT2D eigenvalue weighted by atomic mass is 16.6. The second-order valence-corrected chi connectivity index (χ2v) is 4.48. The van der Waals surface area contributed by atoms with Crippen LogP contribution in [0.3, 0.4) is 0 Å². The van der Waals surface area contributed by atoms with Gasteiger partial charge >= 0.3 is 17.9 Å². The van der Waals surface area contributed by atoms with Crippen LogP contribution in [0.15, 0.2) is 12.2 Å². The van der Waals surface area contributed by atoms with E-state index >= 15 is 0 Å². The number of aliphatic carboxylic acids is 1. The maximum absolute atomic E-state index is 11.4. The largest absolute Gasteiger partial charge is 0.479 e. The van der Waals surface area contributed by atoms with Gasteiger partial charge in [0, 0.05) is 12.2 Å². The van der Waals surface area contributed by atoms with E-state index in [9.17, 15) is 14.4 Å². The molecule has 9 heteroatoms. The fourth-order valence-electron chi connectivity index (χ4n) is 1.32. The molecule has 0 fully saturated rings. The molecule has 9 nitrogen and oxygen atoms in total. The van der Waals surface area contributed by atoms with Crippen molar-refractivity contribution >= 4 is 17.9 Å². The predicted molar refractivity (Wildman–Crippen MR) is 81.4 cm³/mol. The minimum absolute atomic E-state index is 0.0849. The van der Waals surface area contributed by atoms with Crippen LogP contribution in [0.25, 0.3) is 0 Å². The molecule has 0 spiro atoms. The molecule has 0 rings (SSSR count). The van der Waals surface area contributed by atoms with Crippen molar-refractivity contribution in [3.63, 3.8) is 0 Å². The van der Waals surface area contributed by atoms with Crippen molar-refractivity contribution in [2.75, 3.05) is 46.2 Å². The third-order valence-corrected chi connectivity index (χ3v) is 2.42. The summed E-state index contributed by atoms with van der Waals surface area (Å²) in [5.74, 6) is -2.84. The van der Waals surface area contributed by atoms with Gasteiger partial charge in [-0.2, -0.15) is 0 Å². The van der Waals surface area contributed by atoms with E-state index in [0.717, 1.165) is 0 Å². The summed E-state index contributed by atoms with van der Waals surface area (Å²) < 4.78 is 24.6. The molecular formula is C15H24O9. The topological polar surface area (TPSA) is 118 Å². The zero-order valence-corrected chi connectivity index (χ0v) is 13.9. The molecule has 0 amide bonds. The Morgan fingerprint density at radius 3 is 1.92 bits per heavy atom. The smallest absolute Gasteiger partial charge is 0.347 e. The number of carbonyl (C=O) groups is 3. The maximum atomic E-state index is 11.4. The highest BCUT2D eigenvalue weighted by Gasteiger charge is 2.28. The minimum Gasteiger partial charge on any atom is -0.479 e. The normalized spacial score (nSPS) is 11.6. The molecule has 0 bridgehead atoms. The van der Waals surface area contributed by atoms with Crippen LogP contribution >= 0.6 is 0 Å². The van der Waals surface area contributed by atoms with Crippen LogP contribution in [-0.4, -0.2) is 75.4 Å². The zero-order chi connectivity index (χ0) is 18.4. The van der Waals surface area contributed by atoms with Crippen LogP contribution in [-0.2, 0) is 38.1 Å². The highest BCUT2D eigenvalue weighted by Crippen LogP contribution is 1.97. The van der Waals surface area contributed by atoms with Gasteiger partial charge < -0.3 is 28.8 Å². The lowest BCUT2D eigenvalue weighted by molar-refractivity contribution is -0.170. The van der Waals surface area contributed by atoms with Gasteiger partial charge in [0.1, 0.15) is 13.2 Å². The number of carbonyl (C=O) groups excluding carboxylic acids is 2. The van der Waals surface area contributed by atoms with Crippen LogP contribution in [0.4, 0.5) is 0 Å². The molecule has 0 aromatic rings. The van der Waals surface area contributed by atoms with Gasteiger partial charge in [0.2, 0.25) is 0 Å². The van der Waals surface area contributed by atoms with Gasteiger partial charge in [-0.1, -0.05) is 6.58 Å². The zero-order valence-electron chi connectivity index (χ0n) is 13.9. The number of rotatable bonds is 14. The van der Waals surface area contributed by atoms with Crippen LogP contribution in [0.5, 0.6) is 0 Å². The molecule has 138 valence electrons. The average molecular weight is 348 g/mol. The van der Waals surface area contributed by atoms with Gasteiger partial charge in [-0.15, -0.1) is 0 Å². The standard InChI is InChI=1S/C15H24O9/c1-4-22-12(13(16)17)15(19)24-10-8-21-6-5-20-7-9-23-14(18)11(2)3/h12H,2,4-10H2,1,3H3,(H,16,17). The first-order valence-electron chi connectivity index (χ1n) is 7.39. The average Bonchev–Trinajstić information content (AvgIpc) is 2.53. The summed E-state index contributed by atoms with van der Waals surface area (Å²) in [4.78, 5) is 33.2. The summed E-state index contributed by atoms with van der Waals surface area (Å²) in [7, 11) is 0. The van der Waals surface area contributed by atoms with E-state index in [1.807, 2.05) is 0 Å². The fourth-order valence-corrected chi connectivity index (χ4v) is 1.32. The Morgan fingerprint density at radius 2 is 1.46 bits per heavy atom. The number of ether oxygens (including phenoxy) is 5. The molecule has 24 heavy (non-hydrogen) atoms. The first-order valence-corrected chi connectivity index (χ1v) is 7.39. The van der Waals surface area contributed by atoms with Crippen LogP contribution in [0.2, 0.25) is 0 Å². The Labute approximate surface area is 140 Å². The Hall–Kier alpha value is -1.97. The lowest BCUT2D eigenvalue weighted by Gasteiger charge is -2.12. The van der Waals surface area contributed by atoms with E-state index in [1.165, 1.54) is 0 Å². The van der Waals surface area contributed by atoms with Crippen LogP contribution < -0.4 is 0 Å². The Balaban J connectivity index is 3.54. The summed E-state index contributed by atoms with van der Waals surface area (Å²) in [6.45, 7) is 7.53. The first kappa shape index (κ1) is 22.0. The molecule has 1 unspecified atom stereocenters. The van der Waals surface area contributed by atoms with Crippen LogP contribution in [0, 0.1) is 0 Å². The number of hydrogen-bond donors (Lipinski definition) is 1. The summed E-state index contributed by atoms with van der Waals surface area (Å²) in [6.07, 6.45) is -1.62. The molecule has 0 aliphatic rings. The van der Waals surface area contributed by atoms with Gasteiger partial charge in [-0.05, 0) is 13.8 Å². The maximum Gasteiger partial charge on any atom is 0.347 e. The molecule has 0 aromatic heterocycles. The van der Waals surface area contributed by atoms with Crippen LogP contribution in [0.1, 0.15) is 13.8 Å². The van der Waals surface area contributed by atoms with E-state index in [1.54, 1.807) is 13.8 Å². The molecule has 0 aliphatic carbocycles. The lowest BCUT2D eigenvalue weighted by atomic mass is 10.3. The van der Waals surface area contributed by atoms with Crippen molar-refractivity contribution in [3.8, 4) is 0 Å². The predicted octanol–water partition coefficient (Wildman–Crippen LogP) is 0.172. The highest BCUT2D eigenvalue weighted by molar-refractivity contribution is 5.97. The van der Waals surface area contributed by atoms with Crippen molar-refractivity contribution in [2.45, 2.75) is 20.0 Å². The third kappa shape index (κ3) is 10.7. The van der Waals surface area contributed by atoms with Crippen molar-refractivity contribution in [2.24, 2.45) is 0 Å². The SMILES string of the molecule is C=C(C)C(=O)OCCOCCOCCOC(=O)C(OCC)C(=O)O. The Kier molecular flexibility index (Phi) is 12.4. The number of esters is 2. The second kappa shape index (κ2) is 13.5. The summed E-state index contributed by atoms with van der Waals surface area (Å²) in [5, 5.41) is 8.77. The van der Waals surface area contributed by atoms with Crippen molar-refractivity contribution in [1.29, 1.82) is 0 Å².